The van der Waals surface area contributed by atoms with Crippen LogP contribution < -0.4 is 0 Å². The smallest absolute Gasteiger partial charge is 0.123 e. The van der Waals surface area contributed by atoms with Crippen molar-refractivity contribution in [2.75, 3.05) is 0 Å². The Morgan fingerprint density at radius 3 is 2.35 bits per heavy atom. The summed E-state index contributed by atoms with van der Waals surface area (Å²) < 4.78 is 18.4. The van der Waals surface area contributed by atoms with E-state index in [1.807, 2.05) is 24.3 Å². The minimum Gasteiger partial charge on any atom is -0.359 e. The molecule has 1 aliphatic heterocycles. The molecule has 0 bridgehead atoms. The van der Waals surface area contributed by atoms with Crippen LogP contribution in [0.15, 0.2) is 48.5 Å². The molecule has 2 aromatic rings. The van der Waals surface area contributed by atoms with Gasteiger partial charge in [0.05, 0.1) is 0 Å². The number of hydrogen-bond donors (Lipinski definition) is 0. The molecule has 3 rings (SSSR count). The number of hydrogen-bond acceptors (Lipinski definition) is 1. The van der Waals surface area contributed by atoms with E-state index in [9.17, 15) is 4.39 Å². The largest absolute Gasteiger partial charge is 0.359 e. The second kappa shape index (κ2) is 4.13. The molecule has 1 heterocycles. The van der Waals surface area contributed by atoms with Crippen molar-refractivity contribution in [1.82, 2.24) is 0 Å². The summed E-state index contributed by atoms with van der Waals surface area (Å²) in [6, 6.07) is 14.0. The minimum atomic E-state index is -0.233. The van der Waals surface area contributed by atoms with Crippen molar-refractivity contribution in [3.8, 4) is 0 Å². The molecular formula is C14H10ClFO. The van der Waals surface area contributed by atoms with Gasteiger partial charge >= 0.3 is 0 Å². The molecule has 17 heavy (non-hydrogen) atoms. The predicted molar refractivity (Wildman–Crippen MR) is 64.4 cm³/mol. The molecule has 1 aliphatic rings. The second-order valence-electron chi connectivity index (χ2n) is 4.05. The van der Waals surface area contributed by atoms with Crippen LogP contribution in [0.25, 0.3) is 0 Å². The van der Waals surface area contributed by atoms with Crippen molar-refractivity contribution in [1.29, 1.82) is 0 Å². The maximum Gasteiger partial charge on any atom is 0.123 e. The van der Waals surface area contributed by atoms with Crippen molar-refractivity contribution < 1.29 is 9.13 Å². The fraction of sp³-hybridized carbons (Fsp3) is 0.143. The van der Waals surface area contributed by atoms with E-state index in [1.165, 1.54) is 12.1 Å². The number of epoxide rings is 1. The first-order valence-electron chi connectivity index (χ1n) is 5.41. The van der Waals surface area contributed by atoms with E-state index in [2.05, 4.69) is 0 Å². The SMILES string of the molecule is Fc1ccc([C@@H]2O[C@H]2c2ccccc2Cl)cc1. The van der Waals surface area contributed by atoms with E-state index in [0.29, 0.717) is 5.02 Å². The third-order valence-corrected chi connectivity index (χ3v) is 3.25. The van der Waals surface area contributed by atoms with Crippen molar-refractivity contribution in [2.45, 2.75) is 12.2 Å². The minimum absolute atomic E-state index is 0.00417. The van der Waals surface area contributed by atoms with Gasteiger partial charge in [0, 0.05) is 10.6 Å². The van der Waals surface area contributed by atoms with Crippen molar-refractivity contribution in [3.63, 3.8) is 0 Å². The van der Waals surface area contributed by atoms with Gasteiger partial charge in [-0.3, -0.25) is 0 Å². The Morgan fingerprint density at radius 1 is 0.941 bits per heavy atom. The molecule has 3 heteroatoms. The number of halogens is 2. The van der Waals surface area contributed by atoms with Crippen LogP contribution in [0, 0.1) is 5.82 Å². The van der Waals surface area contributed by atoms with Gasteiger partial charge in [0.1, 0.15) is 18.0 Å². The quantitative estimate of drug-likeness (QED) is 0.722. The van der Waals surface area contributed by atoms with E-state index >= 15 is 0 Å². The topological polar surface area (TPSA) is 12.5 Å². The lowest BCUT2D eigenvalue weighted by Gasteiger charge is -1.99. The summed E-state index contributed by atoms with van der Waals surface area (Å²) in [4.78, 5) is 0. The van der Waals surface area contributed by atoms with Gasteiger partial charge in [0.2, 0.25) is 0 Å². The molecule has 0 amide bonds. The molecule has 1 saturated heterocycles. The fourth-order valence-electron chi connectivity index (χ4n) is 1.96. The molecule has 0 radical (unpaired) electrons. The molecule has 2 aromatic carbocycles. The van der Waals surface area contributed by atoms with Crippen molar-refractivity contribution >= 4 is 11.6 Å². The standard InChI is InChI=1S/C14H10ClFO/c15-12-4-2-1-3-11(12)14-13(17-14)9-5-7-10(16)8-6-9/h1-8,13-14H/t13-,14-/m0/s1. The van der Waals surface area contributed by atoms with E-state index in [0.717, 1.165) is 11.1 Å². The third kappa shape index (κ3) is 2.06. The van der Waals surface area contributed by atoms with Crippen LogP contribution in [-0.4, -0.2) is 0 Å². The molecule has 86 valence electrons. The predicted octanol–water partition coefficient (Wildman–Crippen LogP) is 4.29. The van der Waals surface area contributed by atoms with Crippen LogP contribution in [0.2, 0.25) is 5.02 Å². The average Bonchev–Trinajstić information content (AvgIpc) is 3.11. The Bertz CT molecular complexity index is 538. The molecule has 0 N–H and O–H groups in total. The average molecular weight is 249 g/mol. The lowest BCUT2D eigenvalue weighted by atomic mass is 10.0. The van der Waals surface area contributed by atoms with Crippen LogP contribution in [0.5, 0.6) is 0 Å². The lowest BCUT2D eigenvalue weighted by molar-refractivity contribution is 0.377. The normalized spacial score (nSPS) is 22.5. The first-order valence-corrected chi connectivity index (χ1v) is 5.79. The lowest BCUT2D eigenvalue weighted by Crippen LogP contribution is -1.86. The van der Waals surface area contributed by atoms with Crippen molar-refractivity contribution in [3.05, 3.63) is 70.5 Å². The Hall–Kier alpha value is -1.38. The highest BCUT2D eigenvalue weighted by Crippen LogP contribution is 2.52. The van der Waals surface area contributed by atoms with Gasteiger partial charge in [0.15, 0.2) is 0 Å². The number of rotatable bonds is 2. The van der Waals surface area contributed by atoms with Crippen molar-refractivity contribution in [2.24, 2.45) is 0 Å². The number of benzene rings is 2. The Kier molecular flexibility index (Phi) is 2.61. The summed E-state index contributed by atoms with van der Waals surface area (Å²) in [5.41, 5.74) is 1.97. The molecule has 0 saturated carbocycles. The highest BCUT2D eigenvalue weighted by molar-refractivity contribution is 6.31. The zero-order valence-electron chi connectivity index (χ0n) is 8.94. The fourth-order valence-corrected chi connectivity index (χ4v) is 2.20. The highest BCUT2D eigenvalue weighted by Gasteiger charge is 2.42. The molecule has 0 aliphatic carbocycles. The Morgan fingerprint density at radius 2 is 1.65 bits per heavy atom. The van der Waals surface area contributed by atoms with Crippen LogP contribution in [-0.2, 0) is 4.74 Å². The Balaban J connectivity index is 1.83. The van der Waals surface area contributed by atoms with E-state index in [4.69, 9.17) is 16.3 Å². The van der Waals surface area contributed by atoms with Crippen LogP contribution in [0.3, 0.4) is 0 Å². The first-order chi connectivity index (χ1) is 8.25. The first kappa shape index (κ1) is 10.8. The molecule has 0 unspecified atom stereocenters. The zero-order valence-corrected chi connectivity index (χ0v) is 9.69. The summed E-state index contributed by atoms with van der Waals surface area (Å²) in [7, 11) is 0. The third-order valence-electron chi connectivity index (χ3n) is 2.90. The molecule has 1 nitrogen and oxygen atoms in total. The summed E-state index contributed by atoms with van der Waals surface area (Å²) in [6.07, 6.45) is -0.00957. The van der Waals surface area contributed by atoms with Gasteiger partial charge in [-0.25, -0.2) is 4.39 Å². The molecule has 2 atom stereocenters. The summed E-state index contributed by atoms with van der Waals surface area (Å²) in [5, 5.41) is 0.710. The van der Waals surface area contributed by atoms with Gasteiger partial charge in [-0.05, 0) is 23.8 Å². The van der Waals surface area contributed by atoms with E-state index in [-0.39, 0.29) is 18.0 Å². The van der Waals surface area contributed by atoms with Crippen LogP contribution in [0.1, 0.15) is 23.3 Å². The molecular weight excluding hydrogens is 239 g/mol. The highest BCUT2D eigenvalue weighted by atomic mass is 35.5. The molecule has 0 aromatic heterocycles. The second-order valence-corrected chi connectivity index (χ2v) is 4.46. The summed E-state index contributed by atoms with van der Waals surface area (Å²) in [6.45, 7) is 0. The van der Waals surface area contributed by atoms with Gasteiger partial charge in [-0.15, -0.1) is 0 Å². The number of ether oxygens (including phenoxy) is 1. The maximum absolute atomic E-state index is 12.8. The molecule has 0 spiro atoms. The van der Waals surface area contributed by atoms with E-state index in [1.54, 1.807) is 12.1 Å². The Labute approximate surface area is 104 Å². The van der Waals surface area contributed by atoms with Gasteiger partial charge in [-0.1, -0.05) is 41.9 Å². The maximum atomic E-state index is 12.8. The van der Waals surface area contributed by atoms with Gasteiger partial charge in [-0.2, -0.15) is 0 Å². The zero-order chi connectivity index (χ0) is 11.8. The van der Waals surface area contributed by atoms with Gasteiger partial charge < -0.3 is 4.74 Å². The van der Waals surface area contributed by atoms with Crippen LogP contribution in [0.4, 0.5) is 4.39 Å². The van der Waals surface area contributed by atoms with Crippen LogP contribution >= 0.6 is 11.6 Å². The van der Waals surface area contributed by atoms with Gasteiger partial charge in [0.25, 0.3) is 0 Å². The summed E-state index contributed by atoms with van der Waals surface area (Å²) >= 11 is 6.10. The van der Waals surface area contributed by atoms with E-state index < -0.39 is 0 Å². The monoisotopic (exact) mass is 248 g/mol. The molecule has 1 fully saturated rings. The summed E-state index contributed by atoms with van der Waals surface area (Å²) in [5.74, 6) is -0.233.